The first-order chi connectivity index (χ1) is 13.4. The van der Waals surface area contributed by atoms with Gasteiger partial charge in [-0.1, -0.05) is 6.07 Å². The van der Waals surface area contributed by atoms with Crippen molar-refractivity contribution in [2.24, 2.45) is 5.10 Å². The lowest BCUT2D eigenvalue weighted by atomic mass is 10.2. The molecule has 0 fully saturated rings. The standard InChI is InChI=1S/C19H16FN5O3/c1-12-18(13(2)24(23-12)16-8-6-15(20)7-9-16)11-21-22-19(26)14-4-3-5-17(10-14)25(27)28/h3-11H,1-2H3,(H,22,26)/b21-11-. The molecule has 8 nitrogen and oxygen atoms in total. The molecular weight excluding hydrogens is 365 g/mol. The number of hydrazone groups is 1. The predicted octanol–water partition coefficient (Wildman–Crippen LogP) is 3.30. The van der Waals surface area contributed by atoms with E-state index in [-0.39, 0.29) is 17.1 Å². The van der Waals surface area contributed by atoms with Crippen LogP contribution in [0.1, 0.15) is 27.3 Å². The van der Waals surface area contributed by atoms with Crippen LogP contribution in [0.3, 0.4) is 0 Å². The van der Waals surface area contributed by atoms with Gasteiger partial charge in [-0.25, -0.2) is 14.5 Å². The number of amides is 1. The molecule has 1 N–H and O–H groups in total. The monoisotopic (exact) mass is 381 g/mol. The normalized spacial score (nSPS) is 11.0. The number of carbonyl (C=O) groups excluding carboxylic acids is 1. The van der Waals surface area contributed by atoms with Crippen molar-refractivity contribution in [2.75, 3.05) is 0 Å². The maximum atomic E-state index is 13.1. The van der Waals surface area contributed by atoms with Crippen LogP contribution in [-0.2, 0) is 0 Å². The Labute approximate surface area is 159 Å². The number of carbonyl (C=O) groups is 1. The molecule has 1 heterocycles. The van der Waals surface area contributed by atoms with Gasteiger partial charge >= 0.3 is 0 Å². The van der Waals surface area contributed by atoms with Crippen molar-refractivity contribution in [2.45, 2.75) is 13.8 Å². The molecule has 0 radical (unpaired) electrons. The Morgan fingerprint density at radius 3 is 2.64 bits per heavy atom. The summed E-state index contributed by atoms with van der Waals surface area (Å²) in [5.41, 5.74) is 5.13. The van der Waals surface area contributed by atoms with Gasteiger partial charge in [0.05, 0.1) is 28.2 Å². The number of nitro benzene ring substituents is 1. The molecule has 0 aliphatic carbocycles. The number of hydrogen-bond acceptors (Lipinski definition) is 5. The molecule has 0 saturated carbocycles. The van der Waals surface area contributed by atoms with Crippen molar-refractivity contribution >= 4 is 17.8 Å². The average Bonchev–Trinajstić information content (AvgIpc) is 2.96. The van der Waals surface area contributed by atoms with Crippen molar-refractivity contribution in [3.63, 3.8) is 0 Å². The Morgan fingerprint density at radius 1 is 1.25 bits per heavy atom. The number of aryl methyl sites for hydroxylation is 1. The first-order valence-electron chi connectivity index (χ1n) is 8.27. The molecule has 0 bridgehead atoms. The number of non-ortho nitro benzene ring substituents is 1. The number of nitrogens with one attached hydrogen (secondary N) is 1. The first-order valence-corrected chi connectivity index (χ1v) is 8.27. The highest BCUT2D eigenvalue weighted by Gasteiger charge is 2.13. The minimum absolute atomic E-state index is 0.127. The number of hydrogen-bond donors (Lipinski definition) is 1. The van der Waals surface area contributed by atoms with E-state index in [1.165, 1.54) is 42.6 Å². The molecule has 3 aromatic rings. The number of nitro groups is 1. The van der Waals surface area contributed by atoms with Crippen LogP contribution in [0, 0.1) is 29.8 Å². The van der Waals surface area contributed by atoms with Crippen molar-refractivity contribution in [3.8, 4) is 5.69 Å². The van der Waals surface area contributed by atoms with Crippen molar-refractivity contribution in [1.82, 2.24) is 15.2 Å². The van der Waals surface area contributed by atoms with Gasteiger partial charge in [-0.15, -0.1) is 0 Å². The Kier molecular flexibility index (Phi) is 5.25. The van der Waals surface area contributed by atoms with E-state index in [9.17, 15) is 19.3 Å². The number of nitrogens with zero attached hydrogens (tertiary/aromatic N) is 4. The summed E-state index contributed by atoms with van der Waals surface area (Å²) in [4.78, 5) is 22.4. The van der Waals surface area contributed by atoms with Gasteiger partial charge in [0.15, 0.2) is 0 Å². The molecule has 0 atom stereocenters. The van der Waals surface area contributed by atoms with E-state index in [1.54, 1.807) is 23.7 Å². The number of aromatic nitrogens is 2. The van der Waals surface area contributed by atoms with Crippen LogP contribution < -0.4 is 5.43 Å². The molecule has 0 aliphatic heterocycles. The molecule has 1 aromatic heterocycles. The second-order valence-corrected chi connectivity index (χ2v) is 5.98. The SMILES string of the molecule is Cc1nn(-c2ccc(F)cc2)c(C)c1/C=N\NC(=O)c1cccc([N+](=O)[O-])c1. The minimum Gasteiger partial charge on any atom is -0.267 e. The topological polar surface area (TPSA) is 102 Å². The maximum Gasteiger partial charge on any atom is 0.271 e. The van der Waals surface area contributed by atoms with E-state index in [0.717, 1.165) is 5.69 Å². The summed E-state index contributed by atoms with van der Waals surface area (Å²) in [6.45, 7) is 3.61. The molecule has 142 valence electrons. The van der Waals surface area contributed by atoms with Crippen LogP contribution in [0.2, 0.25) is 0 Å². The summed E-state index contributed by atoms with van der Waals surface area (Å²) in [7, 11) is 0. The Balaban J connectivity index is 1.78. The number of rotatable bonds is 5. The fraction of sp³-hybridized carbons (Fsp3) is 0.105. The van der Waals surface area contributed by atoms with Crippen LogP contribution >= 0.6 is 0 Å². The lowest BCUT2D eigenvalue weighted by Gasteiger charge is -2.04. The third-order valence-corrected chi connectivity index (χ3v) is 4.10. The van der Waals surface area contributed by atoms with Gasteiger partial charge in [0, 0.05) is 23.3 Å². The van der Waals surface area contributed by atoms with Crippen LogP contribution in [0.5, 0.6) is 0 Å². The average molecular weight is 381 g/mol. The van der Waals surface area contributed by atoms with Crippen LogP contribution in [0.15, 0.2) is 53.6 Å². The highest BCUT2D eigenvalue weighted by Crippen LogP contribution is 2.17. The molecule has 0 spiro atoms. The van der Waals surface area contributed by atoms with E-state index < -0.39 is 10.8 Å². The number of halogens is 1. The van der Waals surface area contributed by atoms with E-state index in [2.05, 4.69) is 15.6 Å². The Bertz CT molecular complexity index is 1070. The zero-order chi connectivity index (χ0) is 20.3. The van der Waals surface area contributed by atoms with Crippen molar-refractivity contribution < 1.29 is 14.1 Å². The fourth-order valence-corrected chi connectivity index (χ4v) is 2.66. The largest absolute Gasteiger partial charge is 0.271 e. The summed E-state index contributed by atoms with van der Waals surface area (Å²) in [6.07, 6.45) is 1.45. The highest BCUT2D eigenvalue weighted by atomic mass is 19.1. The van der Waals surface area contributed by atoms with Gasteiger partial charge in [-0.05, 0) is 44.2 Å². The zero-order valence-corrected chi connectivity index (χ0v) is 15.1. The van der Waals surface area contributed by atoms with E-state index >= 15 is 0 Å². The summed E-state index contributed by atoms with van der Waals surface area (Å²) in [6, 6.07) is 11.3. The molecule has 2 aromatic carbocycles. The second kappa shape index (κ2) is 7.78. The van der Waals surface area contributed by atoms with Crippen molar-refractivity contribution in [1.29, 1.82) is 0 Å². The molecule has 1 amide bonds. The van der Waals surface area contributed by atoms with Gasteiger partial charge < -0.3 is 0 Å². The molecule has 9 heteroatoms. The van der Waals surface area contributed by atoms with Gasteiger partial charge in [0.25, 0.3) is 11.6 Å². The summed E-state index contributed by atoms with van der Waals surface area (Å²) < 4.78 is 14.8. The summed E-state index contributed by atoms with van der Waals surface area (Å²) >= 11 is 0. The molecule has 28 heavy (non-hydrogen) atoms. The van der Waals surface area contributed by atoms with E-state index in [1.807, 2.05) is 6.92 Å². The highest BCUT2D eigenvalue weighted by molar-refractivity contribution is 5.95. The Hall–Kier alpha value is -3.88. The number of benzene rings is 2. The molecular formula is C19H16FN5O3. The van der Waals surface area contributed by atoms with E-state index in [4.69, 9.17) is 0 Å². The minimum atomic E-state index is -0.573. The van der Waals surface area contributed by atoms with Gasteiger partial charge in [-0.3, -0.25) is 14.9 Å². The van der Waals surface area contributed by atoms with E-state index in [0.29, 0.717) is 16.9 Å². The fourth-order valence-electron chi connectivity index (χ4n) is 2.66. The lowest BCUT2D eigenvalue weighted by molar-refractivity contribution is -0.384. The molecule has 0 aliphatic rings. The van der Waals surface area contributed by atoms with Gasteiger partial charge in [-0.2, -0.15) is 10.2 Å². The summed E-state index contributed by atoms with van der Waals surface area (Å²) in [5, 5.41) is 19.1. The third kappa shape index (κ3) is 3.93. The smallest absolute Gasteiger partial charge is 0.267 e. The van der Waals surface area contributed by atoms with Crippen LogP contribution in [0.25, 0.3) is 5.69 Å². The van der Waals surface area contributed by atoms with Crippen LogP contribution in [0.4, 0.5) is 10.1 Å². The molecule has 3 rings (SSSR count). The maximum absolute atomic E-state index is 13.1. The molecule has 0 unspecified atom stereocenters. The van der Waals surface area contributed by atoms with Crippen molar-refractivity contribution in [3.05, 3.63) is 87.0 Å². The lowest BCUT2D eigenvalue weighted by Crippen LogP contribution is -2.17. The third-order valence-electron chi connectivity index (χ3n) is 4.10. The first kappa shape index (κ1) is 18.9. The zero-order valence-electron chi connectivity index (χ0n) is 15.1. The Morgan fingerprint density at radius 2 is 1.96 bits per heavy atom. The quantitative estimate of drug-likeness (QED) is 0.416. The summed E-state index contributed by atoms with van der Waals surface area (Å²) in [5.74, 6) is -0.905. The van der Waals surface area contributed by atoms with Crippen LogP contribution in [-0.4, -0.2) is 26.8 Å². The van der Waals surface area contributed by atoms with Gasteiger partial charge in [0.1, 0.15) is 5.82 Å². The predicted molar refractivity (Wildman–Crippen MR) is 101 cm³/mol. The second-order valence-electron chi connectivity index (χ2n) is 5.98. The van der Waals surface area contributed by atoms with Gasteiger partial charge in [0.2, 0.25) is 0 Å². The molecule has 0 saturated heterocycles.